The van der Waals surface area contributed by atoms with Crippen molar-refractivity contribution in [3.8, 4) is 5.82 Å². The van der Waals surface area contributed by atoms with E-state index in [1.807, 2.05) is 54.2 Å². The van der Waals surface area contributed by atoms with Crippen LogP contribution in [0.25, 0.3) is 5.82 Å². The zero-order chi connectivity index (χ0) is 20.2. The Balaban J connectivity index is 1.60. The Morgan fingerprint density at radius 1 is 1.03 bits per heavy atom. The van der Waals surface area contributed by atoms with Gasteiger partial charge in [0.15, 0.2) is 11.5 Å². The second-order valence-electron chi connectivity index (χ2n) is 6.81. The van der Waals surface area contributed by atoms with E-state index in [2.05, 4.69) is 39.9 Å². The first-order valence-corrected chi connectivity index (χ1v) is 9.63. The van der Waals surface area contributed by atoms with E-state index in [4.69, 9.17) is 11.6 Å². The summed E-state index contributed by atoms with van der Waals surface area (Å²) < 4.78 is 3.58. The SMILES string of the molecule is Cc1ccc(Cn2nnc(C(=O)NCc3cccc(Cl)c3)c2-n2cccc2)cc1. The third kappa shape index (κ3) is 4.38. The van der Waals surface area contributed by atoms with Crippen LogP contribution in [0.15, 0.2) is 73.1 Å². The van der Waals surface area contributed by atoms with E-state index < -0.39 is 0 Å². The van der Waals surface area contributed by atoms with Crippen LogP contribution in [0.5, 0.6) is 0 Å². The summed E-state index contributed by atoms with van der Waals surface area (Å²) in [6, 6.07) is 19.4. The molecule has 0 bridgehead atoms. The van der Waals surface area contributed by atoms with Gasteiger partial charge in [0.1, 0.15) is 0 Å². The van der Waals surface area contributed by atoms with Crippen LogP contribution in [-0.2, 0) is 13.1 Å². The van der Waals surface area contributed by atoms with Crippen LogP contribution in [0.4, 0.5) is 0 Å². The van der Waals surface area contributed by atoms with Crippen molar-refractivity contribution in [2.24, 2.45) is 0 Å². The number of hydrogen-bond acceptors (Lipinski definition) is 3. The number of carbonyl (C=O) groups is 1. The van der Waals surface area contributed by atoms with Gasteiger partial charge in [-0.3, -0.25) is 4.79 Å². The van der Waals surface area contributed by atoms with E-state index in [1.54, 1.807) is 10.7 Å². The molecule has 0 aliphatic rings. The molecule has 0 aliphatic heterocycles. The largest absolute Gasteiger partial charge is 0.346 e. The summed E-state index contributed by atoms with van der Waals surface area (Å²) in [5, 5.41) is 11.9. The molecule has 7 heteroatoms. The topological polar surface area (TPSA) is 64.7 Å². The number of aryl methyl sites for hydroxylation is 1. The van der Waals surface area contributed by atoms with Crippen molar-refractivity contribution < 1.29 is 4.79 Å². The minimum absolute atomic E-state index is 0.273. The van der Waals surface area contributed by atoms with E-state index in [0.717, 1.165) is 11.1 Å². The number of amides is 1. The summed E-state index contributed by atoms with van der Waals surface area (Å²) in [7, 11) is 0. The first-order valence-electron chi connectivity index (χ1n) is 9.25. The molecule has 1 amide bonds. The predicted octanol–water partition coefficient (Wildman–Crippen LogP) is 4.01. The summed E-state index contributed by atoms with van der Waals surface area (Å²) in [4.78, 5) is 12.9. The molecule has 6 nitrogen and oxygen atoms in total. The highest BCUT2D eigenvalue weighted by atomic mass is 35.5. The van der Waals surface area contributed by atoms with Gasteiger partial charge in [0.2, 0.25) is 0 Å². The molecule has 0 unspecified atom stereocenters. The van der Waals surface area contributed by atoms with Gasteiger partial charge in [-0.15, -0.1) is 5.10 Å². The molecule has 29 heavy (non-hydrogen) atoms. The summed E-state index contributed by atoms with van der Waals surface area (Å²) in [6.45, 7) is 2.92. The van der Waals surface area contributed by atoms with Crippen molar-refractivity contribution in [3.05, 3.63) is 100 Å². The summed E-state index contributed by atoms with van der Waals surface area (Å²) in [5.41, 5.74) is 3.47. The van der Waals surface area contributed by atoms with E-state index in [9.17, 15) is 4.79 Å². The van der Waals surface area contributed by atoms with E-state index in [-0.39, 0.29) is 11.6 Å². The average molecular weight is 406 g/mol. The Morgan fingerprint density at radius 3 is 2.52 bits per heavy atom. The Labute approximate surface area is 173 Å². The average Bonchev–Trinajstić information content (AvgIpc) is 3.37. The lowest BCUT2D eigenvalue weighted by molar-refractivity contribution is 0.0946. The van der Waals surface area contributed by atoms with Crippen LogP contribution in [-0.4, -0.2) is 25.5 Å². The van der Waals surface area contributed by atoms with Gasteiger partial charge in [-0.2, -0.15) is 0 Å². The fourth-order valence-electron chi connectivity index (χ4n) is 3.07. The normalized spacial score (nSPS) is 10.8. The van der Waals surface area contributed by atoms with Gasteiger partial charge in [0.25, 0.3) is 5.91 Å². The number of aromatic nitrogens is 4. The molecule has 2 aromatic carbocycles. The first-order chi connectivity index (χ1) is 14.1. The molecular weight excluding hydrogens is 386 g/mol. The van der Waals surface area contributed by atoms with Crippen LogP contribution in [0, 0.1) is 6.92 Å². The Morgan fingerprint density at radius 2 is 1.79 bits per heavy atom. The van der Waals surface area contributed by atoms with Gasteiger partial charge < -0.3 is 9.88 Å². The van der Waals surface area contributed by atoms with Crippen LogP contribution in [0.2, 0.25) is 5.02 Å². The number of hydrogen-bond donors (Lipinski definition) is 1. The second kappa shape index (κ2) is 8.32. The summed E-state index contributed by atoms with van der Waals surface area (Å²) >= 11 is 6.02. The molecule has 4 aromatic rings. The highest BCUT2D eigenvalue weighted by Gasteiger charge is 2.21. The lowest BCUT2D eigenvalue weighted by Crippen LogP contribution is -2.25. The number of benzene rings is 2. The molecule has 0 radical (unpaired) electrons. The van der Waals surface area contributed by atoms with E-state index in [1.165, 1.54) is 5.56 Å². The van der Waals surface area contributed by atoms with Gasteiger partial charge in [0.05, 0.1) is 6.54 Å². The maximum Gasteiger partial charge on any atom is 0.276 e. The lowest BCUT2D eigenvalue weighted by atomic mass is 10.1. The molecule has 0 spiro atoms. The molecule has 0 atom stereocenters. The minimum Gasteiger partial charge on any atom is -0.346 e. The zero-order valence-electron chi connectivity index (χ0n) is 15.9. The molecule has 4 rings (SSSR count). The minimum atomic E-state index is -0.288. The van der Waals surface area contributed by atoms with Gasteiger partial charge in [-0.05, 0) is 42.3 Å². The molecule has 0 fully saturated rings. The molecule has 1 N–H and O–H groups in total. The Hall–Kier alpha value is -3.38. The van der Waals surface area contributed by atoms with E-state index >= 15 is 0 Å². The fourth-order valence-corrected chi connectivity index (χ4v) is 3.29. The number of halogens is 1. The molecule has 0 aliphatic carbocycles. The van der Waals surface area contributed by atoms with Crippen LogP contribution >= 0.6 is 11.6 Å². The van der Waals surface area contributed by atoms with Crippen molar-refractivity contribution in [2.75, 3.05) is 0 Å². The summed E-state index contributed by atoms with van der Waals surface area (Å²) in [5.74, 6) is 0.336. The molecule has 146 valence electrons. The van der Waals surface area contributed by atoms with Crippen LogP contribution in [0.1, 0.15) is 27.2 Å². The van der Waals surface area contributed by atoms with Crippen molar-refractivity contribution in [3.63, 3.8) is 0 Å². The van der Waals surface area contributed by atoms with Crippen molar-refractivity contribution in [1.82, 2.24) is 24.9 Å². The molecule has 0 saturated heterocycles. The third-order valence-corrected chi connectivity index (χ3v) is 4.80. The van der Waals surface area contributed by atoms with Crippen LogP contribution in [0.3, 0.4) is 0 Å². The smallest absolute Gasteiger partial charge is 0.276 e. The quantitative estimate of drug-likeness (QED) is 0.527. The van der Waals surface area contributed by atoms with Crippen molar-refractivity contribution >= 4 is 17.5 Å². The lowest BCUT2D eigenvalue weighted by Gasteiger charge is -2.10. The van der Waals surface area contributed by atoms with Gasteiger partial charge in [0, 0.05) is 24.0 Å². The number of rotatable bonds is 6. The molecular formula is C22H20ClN5O. The molecule has 2 aromatic heterocycles. The molecule has 0 saturated carbocycles. The maximum absolute atomic E-state index is 12.9. The number of carbonyl (C=O) groups excluding carboxylic acids is 1. The predicted molar refractivity (Wildman–Crippen MR) is 112 cm³/mol. The Kier molecular flexibility index (Phi) is 5.44. The second-order valence-corrected chi connectivity index (χ2v) is 7.24. The highest BCUT2D eigenvalue weighted by Crippen LogP contribution is 2.16. The third-order valence-electron chi connectivity index (χ3n) is 4.57. The maximum atomic E-state index is 12.9. The van der Waals surface area contributed by atoms with Gasteiger partial charge in [-0.1, -0.05) is 58.8 Å². The Bertz CT molecular complexity index is 1120. The summed E-state index contributed by atoms with van der Waals surface area (Å²) in [6.07, 6.45) is 3.75. The van der Waals surface area contributed by atoms with Crippen LogP contribution < -0.4 is 5.32 Å². The fraction of sp³-hybridized carbons (Fsp3) is 0.136. The first kappa shape index (κ1) is 19.0. The number of nitrogens with zero attached hydrogens (tertiary/aromatic N) is 4. The highest BCUT2D eigenvalue weighted by molar-refractivity contribution is 6.30. The monoisotopic (exact) mass is 405 g/mol. The van der Waals surface area contributed by atoms with Gasteiger partial charge >= 0.3 is 0 Å². The van der Waals surface area contributed by atoms with Crippen molar-refractivity contribution in [1.29, 1.82) is 0 Å². The molecule has 2 heterocycles. The standard InChI is InChI=1S/C22H20ClN5O/c1-16-7-9-17(10-8-16)15-28-22(27-11-2-3-12-27)20(25-26-28)21(29)24-14-18-5-4-6-19(23)13-18/h2-13H,14-15H2,1H3,(H,24,29). The van der Waals surface area contributed by atoms with Gasteiger partial charge in [-0.25, -0.2) is 4.68 Å². The van der Waals surface area contributed by atoms with E-state index in [0.29, 0.717) is 23.9 Å². The van der Waals surface area contributed by atoms with Crippen molar-refractivity contribution in [2.45, 2.75) is 20.0 Å². The number of nitrogens with one attached hydrogen (secondary N) is 1. The zero-order valence-corrected chi connectivity index (χ0v) is 16.7.